The highest BCUT2D eigenvalue weighted by molar-refractivity contribution is 6.00. The number of nitrogens with two attached hydrogens (primary N) is 1. The first-order chi connectivity index (χ1) is 21.6. The van der Waals surface area contributed by atoms with Gasteiger partial charge in [0.25, 0.3) is 5.91 Å². The average Bonchev–Trinajstić information content (AvgIpc) is 3.09. The van der Waals surface area contributed by atoms with E-state index in [9.17, 15) is 9.59 Å². The molecule has 2 aliphatic heterocycles. The molecule has 0 bridgehead atoms. The van der Waals surface area contributed by atoms with E-state index in [0.29, 0.717) is 30.9 Å². The molecule has 3 amide bonds. The number of nitrogens with one attached hydrogen (secondary N) is 1. The molecular weight excluding hydrogens is 548 g/mol. The zero-order chi connectivity index (χ0) is 30.3. The van der Waals surface area contributed by atoms with Gasteiger partial charge < -0.3 is 20.9 Å². The van der Waals surface area contributed by atoms with Gasteiger partial charge in [-0.15, -0.1) is 0 Å². The Bertz CT molecular complexity index is 1500. The van der Waals surface area contributed by atoms with Crippen molar-refractivity contribution in [3.8, 4) is 0 Å². The lowest BCUT2D eigenvalue weighted by atomic mass is 9.96. The second-order valence-corrected chi connectivity index (χ2v) is 11.4. The summed E-state index contributed by atoms with van der Waals surface area (Å²) >= 11 is 0. The molecule has 0 aliphatic carbocycles. The van der Waals surface area contributed by atoms with E-state index in [1.807, 2.05) is 53.4 Å². The molecule has 3 N–H and O–H groups in total. The number of amides is 3. The Morgan fingerprint density at radius 3 is 1.86 bits per heavy atom. The molecule has 0 aromatic heterocycles. The van der Waals surface area contributed by atoms with Crippen LogP contribution in [0.1, 0.15) is 33.1 Å². The summed E-state index contributed by atoms with van der Waals surface area (Å²) in [5.74, 6) is -0.0261. The van der Waals surface area contributed by atoms with Crippen LogP contribution in [0.15, 0.2) is 109 Å². The molecule has 4 aromatic rings. The lowest BCUT2D eigenvalue weighted by molar-refractivity contribution is 0.0736. The van der Waals surface area contributed by atoms with Crippen molar-refractivity contribution in [2.24, 2.45) is 5.73 Å². The van der Waals surface area contributed by atoms with Gasteiger partial charge in [-0.3, -0.25) is 14.6 Å². The van der Waals surface area contributed by atoms with E-state index in [4.69, 9.17) is 5.73 Å². The number of carbonyl (C=O) groups excluding carboxylic acids is 2. The number of urea groups is 1. The number of anilines is 2. The van der Waals surface area contributed by atoms with Crippen LogP contribution in [0, 0.1) is 0 Å². The zero-order valence-electron chi connectivity index (χ0n) is 25.0. The van der Waals surface area contributed by atoms with Gasteiger partial charge in [-0.25, -0.2) is 4.79 Å². The highest BCUT2D eigenvalue weighted by Gasteiger charge is 2.29. The molecule has 0 spiro atoms. The highest BCUT2D eigenvalue weighted by atomic mass is 16.2. The van der Waals surface area contributed by atoms with Crippen LogP contribution in [-0.2, 0) is 6.54 Å². The Kier molecular flexibility index (Phi) is 9.20. The third-order valence-electron chi connectivity index (χ3n) is 8.62. The first-order valence-electron chi connectivity index (χ1n) is 15.4. The average molecular weight is 589 g/mol. The standard InChI is InChI=1S/C36H40N6O2/c37-36(44)42(27-28-10-4-1-5-11-28)33-26-31(35(43)41-20-18-38-19-21-41)16-17-32(33)39-22-24-40(25-23-39)34(29-12-6-2-7-13-29)30-14-8-3-9-15-30/h1-17,26,34,38H,18-25,27H2,(H2,37,44). The lowest BCUT2D eigenvalue weighted by Crippen LogP contribution is -2.48. The molecule has 0 atom stereocenters. The maximum Gasteiger partial charge on any atom is 0.319 e. The van der Waals surface area contributed by atoms with Crippen LogP contribution in [0.3, 0.4) is 0 Å². The van der Waals surface area contributed by atoms with Gasteiger partial charge in [-0.05, 0) is 34.9 Å². The largest absolute Gasteiger partial charge is 0.367 e. The molecule has 2 fully saturated rings. The molecule has 226 valence electrons. The molecular formula is C36H40N6O2. The number of hydrogen-bond donors (Lipinski definition) is 2. The fourth-order valence-corrected chi connectivity index (χ4v) is 6.34. The quantitative estimate of drug-likeness (QED) is 0.311. The van der Waals surface area contributed by atoms with Crippen LogP contribution >= 0.6 is 0 Å². The highest BCUT2D eigenvalue weighted by Crippen LogP contribution is 2.35. The Morgan fingerprint density at radius 1 is 0.727 bits per heavy atom. The van der Waals surface area contributed by atoms with E-state index in [-0.39, 0.29) is 11.9 Å². The van der Waals surface area contributed by atoms with E-state index in [2.05, 4.69) is 75.8 Å². The monoisotopic (exact) mass is 588 g/mol. The maximum absolute atomic E-state index is 13.5. The Hall–Kier alpha value is -4.66. The Balaban J connectivity index is 1.30. The van der Waals surface area contributed by atoms with Gasteiger partial charge in [0.1, 0.15) is 0 Å². The molecule has 2 aliphatic rings. The number of primary amides is 1. The molecule has 2 saturated heterocycles. The van der Waals surface area contributed by atoms with Crippen molar-refractivity contribution < 1.29 is 9.59 Å². The summed E-state index contributed by atoms with van der Waals surface area (Å²) in [6.07, 6.45) is 0. The van der Waals surface area contributed by atoms with Crippen molar-refractivity contribution in [3.63, 3.8) is 0 Å². The Labute approximate surface area is 259 Å². The first kappa shape index (κ1) is 29.4. The topological polar surface area (TPSA) is 85.1 Å². The molecule has 2 heterocycles. The minimum Gasteiger partial charge on any atom is -0.367 e. The third kappa shape index (κ3) is 6.61. The zero-order valence-corrected chi connectivity index (χ0v) is 25.0. The number of hydrogen-bond acceptors (Lipinski definition) is 5. The molecule has 8 heteroatoms. The molecule has 44 heavy (non-hydrogen) atoms. The third-order valence-corrected chi connectivity index (χ3v) is 8.62. The van der Waals surface area contributed by atoms with E-state index < -0.39 is 6.03 Å². The lowest BCUT2D eigenvalue weighted by Gasteiger charge is -2.42. The van der Waals surface area contributed by atoms with Crippen molar-refractivity contribution in [3.05, 3.63) is 131 Å². The number of rotatable bonds is 8. The van der Waals surface area contributed by atoms with Gasteiger partial charge in [0.05, 0.1) is 24.0 Å². The first-order valence-corrected chi connectivity index (χ1v) is 15.4. The number of nitrogens with zero attached hydrogens (tertiary/aromatic N) is 4. The second-order valence-electron chi connectivity index (χ2n) is 11.4. The van der Waals surface area contributed by atoms with Crippen molar-refractivity contribution in [1.82, 2.24) is 15.1 Å². The fourth-order valence-electron chi connectivity index (χ4n) is 6.34. The summed E-state index contributed by atoms with van der Waals surface area (Å²) in [5.41, 5.74) is 11.7. The normalized spacial score (nSPS) is 15.8. The van der Waals surface area contributed by atoms with Crippen LogP contribution in [0.2, 0.25) is 0 Å². The predicted molar refractivity (Wildman–Crippen MR) is 176 cm³/mol. The van der Waals surface area contributed by atoms with Gasteiger partial charge in [0.2, 0.25) is 0 Å². The summed E-state index contributed by atoms with van der Waals surface area (Å²) in [6, 6.07) is 36.5. The van der Waals surface area contributed by atoms with Crippen molar-refractivity contribution >= 4 is 23.3 Å². The van der Waals surface area contributed by atoms with Crippen LogP contribution in [0.4, 0.5) is 16.2 Å². The molecule has 8 nitrogen and oxygen atoms in total. The molecule has 0 unspecified atom stereocenters. The molecule has 6 rings (SSSR count). The van der Waals surface area contributed by atoms with Gasteiger partial charge in [0, 0.05) is 57.9 Å². The minimum atomic E-state index is -0.547. The second kappa shape index (κ2) is 13.8. The van der Waals surface area contributed by atoms with Crippen molar-refractivity contribution in [2.45, 2.75) is 12.6 Å². The van der Waals surface area contributed by atoms with Crippen LogP contribution in [0.25, 0.3) is 0 Å². The van der Waals surface area contributed by atoms with Crippen molar-refractivity contribution in [2.75, 3.05) is 62.2 Å². The summed E-state index contributed by atoms with van der Waals surface area (Å²) in [5, 5.41) is 3.30. The Morgan fingerprint density at radius 2 is 1.30 bits per heavy atom. The van der Waals surface area contributed by atoms with Crippen LogP contribution in [-0.4, -0.2) is 74.1 Å². The summed E-state index contributed by atoms with van der Waals surface area (Å²) < 4.78 is 0. The van der Waals surface area contributed by atoms with Gasteiger partial charge in [0.15, 0.2) is 0 Å². The van der Waals surface area contributed by atoms with Gasteiger partial charge in [-0.2, -0.15) is 0 Å². The number of piperazine rings is 2. The maximum atomic E-state index is 13.5. The van der Waals surface area contributed by atoms with Gasteiger partial charge >= 0.3 is 6.03 Å². The summed E-state index contributed by atoms with van der Waals surface area (Å²) in [4.78, 5) is 34.8. The summed E-state index contributed by atoms with van der Waals surface area (Å²) in [7, 11) is 0. The molecule has 4 aromatic carbocycles. The minimum absolute atomic E-state index is 0.0261. The molecule has 0 radical (unpaired) electrons. The number of carbonyl (C=O) groups is 2. The van der Waals surface area contributed by atoms with E-state index >= 15 is 0 Å². The van der Waals surface area contributed by atoms with Crippen molar-refractivity contribution in [1.29, 1.82) is 0 Å². The van der Waals surface area contributed by atoms with Crippen LogP contribution < -0.4 is 20.9 Å². The van der Waals surface area contributed by atoms with E-state index in [1.165, 1.54) is 11.1 Å². The van der Waals surface area contributed by atoms with Crippen LogP contribution in [0.5, 0.6) is 0 Å². The fraction of sp³-hybridized carbons (Fsp3) is 0.278. The van der Waals surface area contributed by atoms with E-state index in [0.717, 1.165) is 50.5 Å². The summed E-state index contributed by atoms with van der Waals surface area (Å²) in [6.45, 7) is 6.40. The van der Waals surface area contributed by atoms with E-state index in [1.54, 1.807) is 4.90 Å². The molecule has 0 saturated carbocycles. The van der Waals surface area contributed by atoms with Gasteiger partial charge in [-0.1, -0.05) is 91.0 Å². The SMILES string of the molecule is NC(=O)N(Cc1ccccc1)c1cc(C(=O)N2CCNCC2)ccc1N1CCN(C(c2ccccc2)c2ccccc2)CC1. The number of benzene rings is 4. The smallest absolute Gasteiger partial charge is 0.319 e. The predicted octanol–water partition coefficient (Wildman–Crippen LogP) is 4.73.